The number of amides is 2. The summed E-state index contributed by atoms with van der Waals surface area (Å²) in [5.74, 6) is -1.15. The van der Waals surface area contributed by atoms with Crippen LogP contribution in [0.1, 0.15) is 12.0 Å². The summed E-state index contributed by atoms with van der Waals surface area (Å²) in [6.07, 6.45) is 0.0732. The van der Waals surface area contributed by atoms with Crippen LogP contribution in [0.5, 0.6) is 0 Å². The minimum atomic E-state index is -3.81. The van der Waals surface area contributed by atoms with E-state index in [-0.39, 0.29) is 36.2 Å². The van der Waals surface area contributed by atoms with Gasteiger partial charge in [0.25, 0.3) is 5.91 Å². The quantitative estimate of drug-likeness (QED) is 0.690. The number of hydrogen-bond acceptors (Lipinski definition) is 5. The van der Waals surface area contributed by atoms with Gasteiger partial charge in [0.1, 0.15) is 5.82 Å². The Kier molecular flexibility index (Phi) is 5.44. The Morgan fingerprint density at radius 2 is 1.67 bits per heavy atom. The van der Waals surface area contributed by atoms with Crippen LogP contribution in [0.2, 0.25) is 0 Å². The number of carbonyl (C=O) groups is 2. The molecule has 1 atom stereocenters. The van der Waals surface area contributed by atoms with Crippen molar-refractivity contribution in [3.05, 3.63) is 59.9 Å². The lowest BCUT2D eigenvalue weighted by molar-refractivity contribution is -0.123. The molecule has 2 aromatic carbocycles. The number of piperazine rings is 1. The van der Waals surface area contributed by atoms with Gasteiger partial charge in [-0.25, -0.2) is 17.7 Å². The third-order valence-corrected chi connectivity index (χ3v) is 7.52. The van der Waals surface area contributed by atoms with Gasteiger partial charge >= 0.3 is 0 Å². The Balaban J connectivity index is 1.46. The van der Waals surface area contributed by atoms with E-state index >= 15 is 0 Å². The largest absolute Gasteiger partial charge is 0.289 e. The number of imide groups is 1. The van der Waals surface area contributed by atoms with Crippen molar-refractivity contribution in [2.24, 2.45) is 0 Å². The van der Waals surface area contributed by atoms with E-state index in [0.29, 0.717) is 18.8 Å². The van der Waals surface area contributed by atoms with E-state index in [1.165, 1.54) is 27.4 Å². The second kappa shape index (κ2) is 7.90. The Morgan fingerprint density at radius 3 is 2.33 bits per heavy atom. The van der Waals surface area contributed by atoms with Gasteiger partial charge in [0.2, 0.25) is 15.9 Å². The van der Waals surface area contributed by atoms with Gasteiger partial charge in [0.05, 0.1) is 23.0 Å². The molecular weight excluding hydrogens is 409 g/mol. The number of anilines is 1. The van der Waals surface area contributed by atoms with Crippen LogP contribution in [-0.2, 0) is 19.6 Å². The fraction of sp³-hybridized carbons (Fsp3) is 0.333. The van der Waals surface area contributed by atoms with Crippen LogP contribution in [0.25, 0.3) is 0 Å². The zero-order valence-corrected chi connectivity index (χ0v) is 17.3. The summed E-state index contributed by atoms with van der Waals surface area (Å²) in [5, 5.41) is 0. The highest BCUT2D eigenvalue weighted by atomic mass is 32.2. The van der Waals surface area contributed by atoms with Crippen molar-refractivity contribution in [2.45, 2.75) is 24.3 Å². The first-order valence-electron chi connectivity index (χ1n) is 9.71. The van der Waals surface area contributed by atoms with E-state index in [1.807, 2.05) is 24.0 Å². The number of sulfonamides is 1. The number of rotatable bonds is 4. The molecule has 2 saturated heterocycles. The second-order valence-corrected chi connectivity index (χ2v) is 9.41. The van der Waals surface area contributed by atoms with E-state index in [9.17, 15) is 22.4 Å². The predicted octanol–water partition coefficient (Wildman–Crippen LogP) is 1.77. The summed E-state index contributed by atoms with van der Waals surface area (Å²) in [4.78, 5) is 28.6. The third kappa shape index (κ3) is 3.64. The average Bonchev–Trinajstić information content (AvgIpc) is 3.02. The second-order valence-electron chi connectivity index (χ2n) is 7.47. The number of benzene rings is 2. The minimum absolute atomic E-state index is 0.0732. The molecule has 2 amide bonds. The average molecular weight is 431 g/mol. The highest BCUT2D eigenvalue weighted by Crippen LogP contribution is 2.29. The molecule has 7 nitrogen and oxygen atoms in total. The monoisotopic (exact) mass is 431 g/mol. The standard InChI is InChI=1S/C21H22FN3O4S/c1-15-5-2-3-8-18(15)25-20(26)14-19(21(25)27)23-9-11-24(12-10-23)30(28,29)17-7-4-6-16(22)13-17/h2-8,13,19H,9-12,14H2,1H3. The molecule has 2 aliphatic heterocycles. The number of nitrogens with zero attached hydrogens (tertiary/aromatic N) is 3. The summed E-state index contributed by atoms with van der Waals surface area (Å²) in [7, 11) is -3.81. The van der Waals surface area contributed by atoms with Crippen molar-refractivity contribution in [3.63, 3.8) is 0 Å². The number of para-hydroxylation sites is 1. The van der Waals surface area contributed by atoms with Gasteiger partial charge < -0.3 is 0 Å². The van der Waals surface area contributed by atoms with E-state index in [2.05, 4.69) is 0 Å². The predicted molar refractivity (Wildman–Crippen MR) is 109 cm³/mol. The lowest BCUT2D eigenvalue weighted by atomic mass is 10.1. The van der Waals surface area contributed by atoms with Gasteiger partial charge in [-0.15, -0.1) is 0 Å². The summed E-state index contributed by atoms with van der Waals surface area (Å²) >= 11 is 0. The number of carbonyl (C=O) groups excluding carboxylic acids is 2. The van der Waals surface area contributed by atoms with Crippen LogP contribution < -0.4 is 4.90 Å². The number of halogens is 1. The van der Waals surface area contributed by atoms with Gasteiger partial charge in [-0.3, -0.25) is 14.5 Å². The molecule has 9 heteroatoms. The molecule has 2 heterocycles. The molecule has 2 fully saturated rings. The Hall–Kier alpha value is -2.62. The molecule has 0 saturated carbocycles. The molecule has 0 bridgehead atoms. The fourth-order valence-corrected chi connectivity index (χ4v) is 5.45. The van der Waals surface area contributed by atoms with Crippen molar-refractivity contribution in [3.8, 4) is 0 Å². The van der Waals surface area contributed by atoms with Crippen LogP contribution in [0.15, 0.2) is 53.4 Å². The van der Waals surface area contributed by atoms with Crippen molar-refractivity contribution < 1.29 is 22.4 Å². The molecule has 158 valence electrons. The maximum Gasteiger partial charge on any atom is 0.251 e. The van der Waals surface area contributed by atoms with Gasteiger partial charge in [0, 0.05) is 26.2 Å². The molecule has 0 N–H and O–H groups in total. The van der Waals surface area contributed by atoms with Crippen molar-refractivity contribution in [1.29, 1.82) is 0 Å². The van der Waals surface area contributed by atoms with Gasteiger partial charge in [-0.1, -0.05) is 24.3 Å². The molecular formula is C21H22FN3O4S. The molecule has 1 unspecified atom stereocenters. The first-order chi connectivity index (χ1) is 14.3. The van der Waals surface area contributed by atoms with Gasteiger partial charge in [0.15, 0.2) is 0 Å². The highest BCUT2D eigenvalue weighted by Gasteiger charge is 2.44. The Morgan fingerprint density at radius 1 is 0.967 bits per heavy atom. The molecule has 4 rings (SSSR count). The maximum atomic E-state index is 13.5. The zero-order valence-electron chi connectivity index (χ0n) is 16.5. The minimum Gasteiger partial charge on any atom is -0.289 e. The van der Waals surface area contributed by atoms with Crippen molar-refractivity contribution in [2.75, 3.05) is 31.1 Å². The van der Waals surface area contributed by atoms with Crippen LogP contribution in [0.4, 0.5) is 10.1 Å². The van der Waals surface area contributed by atoms with Gasteiger partial charge in [-0.2, -0.15) is 4.31 Å². The molecule has 0 aliphatic carbocycles. The highest BCUT2D eigenvalue weighted by molar-refractivity contribution is 7.89. The van der Waals surface area contributed by atoms with Crippen LogP contribution in [0.3, 0.4) is 0 Å². The third-order valence-electron chi connectivity index (χ3n) is 5.63. The maximum absolute atomic E-state index is 13.5. The van der Waals surface area contributed by atoms with E-state index < -0.39 is 21.9 Å². The van der Waals surface area contributed by atoms with E-state index in [0.717, 1.165) is 11.6 Å². The van der Waals surface area contributed by atoms with E-state index in [1.54, 1.807) is 12.1 Å². The molecule has 30 heavy (non-hydrogen) atoms. The first kappa shape index (κ1) is 20.6. The van der Waals surface area contributed by atoms with Crippen LogP contribution in [-0.4, -0.2) is 61.7 Å². The van der Waals surface area contributed by atoms with Crippen LogP contribution >= 0.6 is 0 Å². The summed E-state index contributed by atoms with van der Waals surface area (Å²) < 4.78 is 40.3. The fourth-order valence-electron chi connectivity index (χ4n) is 4.00. The van der Waals surface area contributed by atoms with Crippen molar-refractivity contribution >= 4 is 27.5 Å². The smallest absolute Gasteiger partial charge is 0.251 e. The molecule has 0 aromatic heterocycles. The lowest BCUT2D eigenvalue weighted by Crippen LogP contribution is -2.53. The Labute approximate surface area is 174 Å². The normalized spacial score (nSPS) is 21.4. The molecule has 2 aliphatic rings. The molecule has 0 radical (unpaired) electrons. The Bertz CT molecular complexity index is 1100. The number of hydrogen-bond donors (Lipinski definition) is 0. The number of aryl methyl sites for hydroxylation is 1. The van der Waals surface area contributed by atoms with Gasteiger partial charge in [-0.05, 0) is 36.8 Å². The lowest BCUT2D eigenvalue weighted by Gasteiger charge is -2.36. The van der Waals surface area contributed by atoms with Crippen molar-refractivity contribution in [1.82, 2.24) is 9.21 Å². The first-order valence-corrected chi connectivity index (χ1v) is 11.2. The molecule has 2 aromatic rings. The topological polar surface area (TPSA) is 78.0 Å². The summed E-state index contributed by atoms with van der Waals surface area (Å²) in [5.41, 5.74) is 1.42. The summed E-state index contributed by atoms with van der Waals surface area (Å²) in [6, 6.07) is 11.5. The summed E-state index contributed by atoms with van der Waals surface area (Å²) in [6.45, 7) is 2.82. The zero-order chi connectivity index (χ0) is 21.5. The SMILES string of the molecule is Cc1ccccc1N1C(=O)CC(N2CCN(S(=O)(=O)c3cccc(F)c3)CC2)C1=O. The van der Waals surface area contributed by atoms with Crippen LogP contribution in [0, 0.1) is 12.7 Å². The van der Waals surface area contributed by atoms with E-state index in [4.69, 9.17) is 0 Å². The molecule has 0 spiro atoms.